The Balaban J connectivity index is 2.04. The third kappa shape index (κ3) is 10.5. The average molecular weight is 407 g/mol. The van der Waals surface area contributed by atoms with E-state index in [1.165, 1.54) is 77.0 Å². The van der Waals surface area contributed by atoms with E-state index >= 15 is 0 Å². The highest BCUT2D eigenvalue weighted by atomic mass is 32.2. The molecule has 1 aromatic carbocycles. The molecule has 0 saturated heterocycles. The van der Waals surface area contributed by atoms with Gasteiger partial charge in [-0.15, -0.1) is 6.58 Å². The Morgan fingerprint density at radius 1 is 0.750 bits per heavy atom. The molecule has 0 saturated carbocycles. The van der Waals surface area contributed by atoms with Gasteiger partial charge in [-0.3, -0.25) is 0 Å². The van der Waals surface area contributed by atoms with Crippen molar-refractivity contribution in [3.05, 3.63) is 43.0 Å². The fourth-order valence-corrected chi connectivity index (χ4v) is 5.34. The molecular weight excluding hydrogens is 364 g/mol. The number of rotatable bonds is 18. The van der Waals surface area contributed by atoms with Gasteiger partial charge < -0.3 is 0 Å². The molecule has 0 heterocycles. The fourth-order valence-electron chi connectivity index (χ4n) is 3.72. The summed E-state index contributed by atoms with van der Waals surface area (Å²) in [5, 5.41) is -0.466. The summed E-state index contributed by atoms with van der Waals surface area (Å²) in [5.74, 6) is 0. The van der Waals surface area contributed by atoms with E-state index in [0.29, 0.717) is 11.3 Å². The Hall–Kier alpha value is -1.09. The quantitative estimate of drug-likeness (QED) is 0.183. The summed E-state index contributed by atoms with van der Waals surface area (Å²) >= 11 is 0. The van der Waals surface area contributed by atoms with Crippen molar-refractivity contribution < 1.29 is 8.42 Å². The van der Waals surface area contributed by atoms with Crippen LogP contribution >= 0.6 is 0 Å². The van der Waals surface area contributed by atoms with Crippen molar-refractivity contribution in [1.82, 2.24) is 0 Å². The normalized spacial score (nSPS) is 12.8. The topological polar surface area (TPSA) is 34.1 Å². The van der Waals surface area contributed by atoms with Gasteiger partial charge in [-0.1, -0.05) is 121 Å². The van der Waals surface area contributed by atoms with Gasteiger partial charge in [0.1, 0.15) is 0 Å². The Kier molecular flexibility index (Phi) is 14.1. The Bertz CT molecular complexity index is 592. The fraction of sp³-hybridized carbons (Fsp3) is 0.680. The maximum absolute atomic E-state index is 12.7. The summed E-state index contributed by atoms with van der Waals surface area (Å²) in [6.07, 6.45) is 20.7. The van der Waals surface area contributed by atoms with E-state index in [1.54, 1.807) is 30.3 Å². The molecule has 0 spiro atoms. The maximum atomic E-state index is 12.7. The van der Waals surface area contributed by atoms with Gasteiger partial charge in [0.2, 0.25) is 0 Å². The summed E-state index contributed by atoms with van der Waals surface area (Å²) in [4.78, 5) is 0.408. The first-order valence-electron chi connectivity index (χ1n) is 11.5. The molecule has 0 amide bonds. The van der Waals surface area contributed by atoms with Crippen molar-refractivity contribution in [2.45, 2.75) is 113 Å². The standard InChI is InChI=1S/C25H42O2S/c1-3-5-6-7-8-9-10-11-12-13-14-15-16-18-21-24(4-2)28(26,27)25-22-19-17-20-23-25/h4,17,19-20,22-24H,2-3,5-16,18,21H2,1H3. The molecule has 28 heavy (non-hydrogen) atoms. The summed E-state index contributed by atoms with van der Waals surface area (Å²) in [6.45, 7) is 6.03. The molecule has 3 heteroatoms. The molecule has 0 N–H and O–H groups in total. The lowest BCUT2D eigenvalue weighted by atomic mass is 10.0. The van der Waals surface area contributed by atoms with Crippen molar-refractivity contribution in [3.63, 3.8) is 0 Å². The lowest BCUT2D eigenvalue weighted by Gasteiger charge is -2.13. The monoisotopic (exact) mass is 406 g/mol. The molecule has 1 aromatic rings. The van der Waals surface area contributed by atoms with E-state index in [4.69, 9.17) is 0 Å². The first-order valence-corrected chi connectivity index (χ1v) is 13.1. The molecule has 0 fully saturated rings. The van der Waals surface area contributed by atoms with Crippen molar-refractivity contribution >= 4 is 9.84 Å². The zero-order chi connectivity index (χ0) is 20.5. The second-order valence-electron chi connectivity index (χ2n) is 8.02. The summed E-state index contributed by atoms with van der Waals surface area (Å²) in [6, 6.07) is 8.75. The van der Waals surface area contributed by atoms with Crippen LogP contribution in [0.1, 0.15) is 103 Å². The molecule has 0 aliphatic heterocycles. The van der Waals surface area contributed by atoms with Gasteiger partial charge in [0.15, 0.2) is 9.84 Å². The highest BCUT2D eigenvalue weighted by Crippen LogP contribution is 2.21. The van der Waals surface area contributed by atoms with Crippen LogP contribution in [0.3, 0.4) is 0 Å². The van der Waals surface area contributed by atoms with E-state index in [0.717, 1.165) is 12.8 Å². The SMILES string of the molecule is C=CC(CCCCCCCCCCCCCCCC)S(=O)(=O)c1ccccc1. The Morgan fingerprint density at radius 3 is 1.61 bits per heavy atom. The minimum Gasteiger partial charge on any atom is -0.223 e. The van der Waals surface area contributed by atoms with Gasteiger partial charge in [-0.05, 0) is 18.6 Å². The van der Waals surface area contributed by atoms with Gasteiger partial charge in [0.25, 0.3) is 0 Å². The molecule has 0 bridgehead atoms. The summed E-state index contributed by atoms with van der Waals surface area (Å²) in [7, 11) is -3.29. The van der Waals surface area contributed by atoms with Gasteiger partial charge in [0, 0.05) is 0 Å². The molecule has 0 aromatic heterocycles. The Morgan fingerprint density at radius 2 is 1.18 bits per heavy atom. The third-order valence-corrected chi connectivity index (χ3v) is 7.73. The number of unbranched alkanes of at least 4 members (excludes halogenated alkanes) is 13. The zero-order valence-electron chi connectivity index (χ0n) is 18.1. The van der Waals surface area contributed by atoms with E-state index < -0.39 is 15.1 Å². The second kappa shape index (κ2) is 15.8. The minimum absolute atomic E-state index is 0.408. The summed E-state index contributed by atoms with van der Waals surface area (Å²) in [5.41, 5.74) is 0. The highest BCUT2D eigenvalue weighted by molar-refractivity contribution is 7.92. The van der Waals surface area contributed by atoms with Crippen LogP contribution in [0, 0.1) is 0 Å². The number of sulfone groups is 1. The van der Waals surface area contributed by atoms with Crippen LogP contribution in [-0.4, -0.2) is 13.7 Å². The molecule has 1 unspecified atom stereocenters. The van der Waals surface area contributed by atoms with Crippen molar-refractivity contribution in [1.29, 1.82) is 0 Å². The van der Waals surface area contributed by atoms with Gasteiger partial charge in [-0.2, -0.15) is 0 Å². The first kappa shape index (κ1) is 24.9. The predicted octanol–water partition coefficient (Wildman–Crippen LogP) is 7.89. The molecule has 1 atom stereocenters. The third-order valence-electron chi connectivity index (χ3n) is 5.58. The van der Waals surface area contributed by atoms with Crippen LogP contribution < -0.4 is 0 Å². The van der Waals surface area contributed by atoms with E-state index in [1.807, 2.05) is 6.07 Å². The van der Waals surface area contributed by atoms with E-state index in [2.05, 4.69) is 13.5 Å². The number of hydrogen-bond donors (Lipinski definition) is 0. The lowest BCUT2D eigenvalue weighted by molar-refractivity contribution is 0.530. The molecule has 0 aliphatic rings. The average Bonchev–Trinajstić information content (AvgIpc) is 2.71. The molecule has 0 radical (unpaired) electrons. The second-order valence-corrected chi connectivity index (χ2v) is 10.2. The molecule has 160 valence electrons. The van der Waals surface area contributed by atoms with Crippen LogP contribution in [0.15, 0.2) is 47.9 Å². The Labute approximate surface area is 174 Å². The predicted molar refractivity (Wildman–Crippen MR) is 123 cm³/mol. The molecule has 1 rings (SSSR count). The molecular formula is C25H42O2S. The largest absolute Gasteiger partial charge is 0.223 e. The minimum atomic E-state index is -3.29. The van der Waals surface area contributed by atoms with Crippen LogP contribution in [-0.2, 0) is 9.84 Å². The van der Waals surface area contributed by atoms with Crippen LogP contribution in [0.4, 0.5) is 0 Å². The summed E-state index contributed by atoms with van der Waals surface area (Å²) < 4.78 is 25.3. The molecule has 2 nitrogen and oxygen atoms in total. The van der Waals surface area contributed by atoms with Crippen LogP contribution in [0.2, 0.25) is 0 Å². The van der Waals surface area contributed by atoms with Gasteiger partial charge >= 0.3 is 0 Å². The van der Waals surface area contributed by atoms with Gasteiger partial charge in [-0.25, -0.2) is 8.42 Å². The van der Waals surface area contributed by atoms with Gasteiger partial charge in [0.05, 0.1) is 10.1 Å². The van der Waals surface area contributed by atoms with Crippen LogP contribution in [0.5, 0.6) is 0 Å². The lowest BCUT2D eigenvalue weighted by Crippen LogP contribution is -2.19. The van der Waals surface area contributed by atoms with E-state index in [9.17, 15) is 8.42 Å². The first-order chi connectivity index (χ1) is 13.6. The maximum Gasteiger partial charge on any atom is 0.184 e. The van der Waals surface area contributed by atoms with Crippen molar-refractivity contribution in [2.24, 2.45) is 0 Å². The molecule has 0 aliphatic carbocycles. The van der Waals surface area contributed by atoms with Crippen molar-refractivity contribution in [2.75, 3.05) is 0 Å². The number of benzene rings is 1. The van der Waals surface area contributed by atoms with Crippen LogP contribution in [0.25, 0.3) is 0 Å². The van der Waals surface area contributed by atoms with Crippen molar-refractivity contribution in [3.8, 4) is 0 Å². The smallest absolute Gasteiger partial charge is 0.184 e. The number of hydrogen-bond acceptors (Lipinski definition) is 2. The van der Waals surface area contributed by atoms with E-state index in [-0.39, 0.29) is 0 Å². The highest BCUT2D eigenvalue weighted by Gasteiger charge is 2.23. The zero-order valence-corrected chi connectivity index (χ0v) is 18.9.